The Morgan fingerprint density at radius 2 is 2.00 bits per heavy atom. The summed E-state index contributed by atoms with van der Waals surface area (Å²) in [6, 6.07) is 13.2. The van der Waals surface area contributed by atoms with Crippen molar-refractivity contribution in [3.63, 3.8) is 0 Å². The second kappa shape index (κ2) is 6.59. The number of nitrogens with zero attached hydrogens (tertiary/aromatic N) is 1. The van der Waals surface area contributed by atoms with E-state index in [-0.39, 0.29) is 11.2 Å². The van der Waals surface area contributed by atoms with Gasteiger partial charge in [-0.25, -0.2) is 4.98 Å². The van der Waals surface area contributed by atoms with Crippen molar-refractivity contribution in [2.45, 2.75) is 17.1 Å². The highest BCUT2D eigenvalue weighted by Gasteiger charge is 2.14. The number of hydrogen-bond donors (Lipinski definition) is 1. The molecule has 3 nitrogen and oxygen atoms in total. The van der Waals surface area contributed by atoms with E-state index in [0.29, 0.717) is 10.8 Å². The molecule has 0 spiro atoms. The summed E-state index contributed by atoms with van der Waals surface area (Å²) in [5.41, 5.74) is 0. The summed E-state index contributed by atoms with van der Waals surface area (Å²) in [6.07, 6.45) is 1.51. The molecule has 5 heteroatoms. The minimum Gasteiger partial charge on any atom is -0.310 e. The van der Waals surface area contributed by atoms with Crippen molar-refractivity contribution in [3.05, 3.63) is 53.7 Å². The van der Waals surface area contributed by atoms with Gasteiger partial charge in [0, 0.05) is 11.1 Å². The zero-order chi connectivity index (χ0) is 13.7. The van der Waals surface area contributed by atoms with Crippen molar-refractivity contribution in [3.8, 4) is 0 Å². The Balaban J connectivity index is 1.94. The highest BCUT2D eigenvalue weighted by atomic mass is 35.5. The summed E-state index contributed by atoms with van der Waals surface area (Å²) in [5.74, 6) is 0.429. The Kier molecular flexibility index (Phi) is 4.82. The smallest absolute Gasteiger partial charge is 0.238 e. The molecular weight excluding hydrogens is 280 g/mol. The minimum atomic E-state index is -0.195. The number of anilines is 1. The number of halogens is 1. The molecule has 0 radical (unpaired) electrons. The number of pyridine rings is 1. The van der Waals surface area contributed by atoms with Crippen molar-refractivity contribution in [2.75, 3.05) is 5.32 Å². The van der Waals surface area contributed by atoms with E-state index in [1.807, 2.05) is 37.3 Å². The molecule has 2 rings (SSSR count). The monoisotopic (exact) mass is 292 g/mol. The normalized spacial score (nSPS) is 11.9. The molecule has 0 aliphatic rings. The molecule has 1 atom stereocenters. The van der Waals surface area contributed by atoms with Crippen molar-refractivity contribution < 1.29 is 4.79 Å². The Labute approximate surface area is 121 Å². The van der Waals surface area contributed by atoms with E-state index in [2.05, 4.69) is 10.3 Å². The molecular formula is C14H13ClN2OS. The van der Waals surface area contributed by atoms with Crippen molar-refractivity contribution in [1.29, 1.82) is 0 Å². The highest BCUT2D eigenvalue weighted by Crippen LogP contribution is 2.23. The maximum Gasteiger partial charge on any atom is 0.238 e. The maximum absolute atomic E-state index is 12.0. The van der Waals surface area contributed by atoms with Gasteiger partial charge in [0.25, 0.3) is 0 Å². The van der Waals surface area contributed by atoms with Crippen LogP contribution in [0, 0.1) is 0 Å². The van der Waals surface area contributed by atoms with Crippen LogP contribution in [0.5, 0.6) is 0 Å². The highest BCUT2D eigenvalue weighted by molar-refractivity contribution is 8.00. The number of carbonyl (C=O) groups is 1. The fraction of sp³-hybridized carbons (Fsp3) is 0.143. The molecule has 0 aliphatic heterocycles. The molecule has 0 unspecified atom stereocenters. The quantitative estimate of drug-likeness (QED) is 0.870. The lowest BCUT2D eigenvalue weighted by molar-refractivity contribution is -0.115. The second-order valence-corrected chi connectivity index (χ2v) is 5.77. The van der Waals surface area contributed by atoms with E-state index >= 15 is 0 Å². The number of rotatable bonds is 4. The fourth-order valence-corrected chi connectivity index (χ4v) is 2.43. The summed E-state index contributed by atoms with van der Waals surface area (Å²) in [4.78, 5) is 17.1. The lowest BCUT2D eigenvalue weighted by Crippen LogP contribution is -2.22. The first kappa shape index (κ1) is 13.9. The number of amides is 1. The predicted octanol–water partition coefficient (Wildman–Crippen LogP) is 3.85. The average molecular weight is 293 g/mol. The van der Waals surface area contributed by atoms with Gasteiger partial charge in [-0.2, -0.15) is 0 Å². The molecule has 0 bridgehead atoms. The standard InChI is InChI=1S/C14H13ClN2OS/c1-10(19-12-5-3-2-4-6-12)14(18)17-13-8-7-11(15)9-16-13/h2-10H,1H3,(H,16,17,18)/t10-/m1/s1. The third kappa shape index (κ3) is 4.26. The lowest BCUT2D eigenvalue weighted by atomic mass is 10.4. The van der Waals surface area contributed by atoms with Crippen LogP contribution >= 0.6 is 23.4 Å². The second-order valence-electron chi connectivity index (χ2n) is 3.92. The predicted molar refractivity (Wildman–Crippen MR) is 79.6 cm³/mol. The molecule has 98 valence electrons. The average Bonchev–Trinajstić information content (AvgIpc) is 2.42. The third-order valence-corrected chi connectivity index (χ3v) is 3.74. The first-order chi connectivity index (χ1) is 9.15. The molecule has 0 saturated heterocycles. The summed E-state index contributed by atoms with van der Waals surface area (Å²) in [6.45, 7) is 1.86. The Bertz CT molecular complexity index is 545. The van der Waals surface area contributed by atoms with Crippen LogP contribution in [0.3, 0.4) is 0 Å². The van der Waals surface area contributed by atoms with Gasteiger partial charge in [0.1, 0.15) is 5.82 Å². The van der Waals surface area contributed by atoms with Crippen LogP contribution in [0.2, 0.25) is 5.02 Å². The van der Waals surface area contributed by atoms with Gasteiger partial charge in [0.15, 0.2) is 0 Å². The van der Waals surface area contributed by atoms with E-state index in [0.717, 1.165) is 4.90 Å². The third-order valence-electron chi connectivity index (χ3n) is 2.40. The van der Waals surface area contributed by atoms with Crippen LogP contribution in [0.4, 0.5) is 5.82 Å². The molecule has 1 N–H and O–H groups in total. The van der Waals surface area contributed by atoms with Gasteiger partial charge in [0.2, 0.25) is 5.91 Å². The molecule has 0 fully saturated rings. The summed E-state index contributed by atoms with van der Waals surface area (Å²) in [7, 11) is 0. The minimum absolute atomic E-state index is 0.0799. The summed E-state index contributed by atoms with van der Waals surface area (Å²) < 4.78 is 0. The summed E-state index contributed by atoms with van der Waals surface area (Å²) >= 11 is 7.25. The molecule has 19 heavy (non-hydrogen) atoms. The van der Waals surface area contributed by atoms with Crippen LogP contribution in [-0.2, 0) is 4.79 Å². The van der Waals surface area contributed by atoms with E-state index in [1.165, 1.54) is 18.0 Å². The molecule has 0 saturated carbocycles. The molecule has 0 aliphatic carbocycles. The zero-order valence-corrected chi connectivity index (χ0v) is 11.9. The molecule has 1 aromatic carbocycles. The first-order valence-electron chi connectivity index (χ1n) is 5.79. The van der Waals surface area contributed by atoms with E-state index in [4.69, 9.17) is 11.6 Å². The summed E-state index contributed by atoms with van der Waals surface area (Å²) in [5, 5.41) is 3.11. The lowest BCUT2D eigenvalue weighted by Gasteiger charge is -2.11. The van der Waals surface area contributed by atoms with Gasteiger partial charge < -0.3 is 5.32 Å². The van der Waals surface area contributed by atoms with Gasteiger partial charge >= 0.3 is 0 Å². The fourth-order valence-electron chi connectivity index (χ4n) is 1.43. The SMILES string of the molecule is C[C@@H](Sc1ccccc1)C(=O)Nc1ccc(Cl)cn1. The largest absolute Gasteiger partial charge is 0.310 e. The van der Waals surface area contributed by atoms with Crippen LogP contribution < -0.4 is 5.32 Å². The van der Waals surface area contributed by atoms with Crippen LogP contribution in [0.1, 0.15) is 6.92 Å². The van der Waals surface area contributed by atoms with Crippen LogP contribution in [0.25, 0.3) is 0 Å². The van der Waals surface area contributed by atoms with Crippen LogP contribution in [-0.4, -0.2) is 16.1 Å². The number of hydrogen-bond acceptors (Lipinski definition) is 3. The first-order valence-corrected chi connectivity index (χ1v) is 7.05. The van der Waals surface area contributed by atoms with E-state index in [9.17, 15) is 4.79 Å². The number of nitrogens with one attached hydrogen (secondary N) is 1. The number of benzene rings is 1. The zero-order valence-electron chi connectivity index (χ0n) is 10.3. The number of thioether (sulfide) groups is 1. The Hall–Kier alpha value is -1.52. The van der Waals surface area contributed by atoms with Gasteiger partial charge in [-0.15, -0.1) is 11.8 Å². The molecule has 1 aromatic heterocycles. The van der Waals surface area contributed by atoms with Gasteiger partial charge in [-0.1, -0.05) is 29.8 Å². The Morgan fingerprint density at radius 1 is 1.26 bits per heavy atom. The van der Waals surface area contributed by atoms with E-state index < -0.39 is 0 Å². The maximum atomic E-state index is 12.0. The molecule has 2 aromatic rings. The topological polar surface area (TPSA) is 42.0 Å². The van der Waals surface area contributed by atoms with Gasteiger partial charge in [-0.05, 0) is 31.2 Å². The van der Waals surface area contributed by atoms with Gasteiger partial charge in [-0.3, -0.25) is 4.79 Å². The Morgan fingerprint density at radius 3 is 2.63 bits per heavy atom. The molecule has 1 amide bonds. The number of carbonyl (C=O) groups excluding carboxylic acids is 1. The van der Waals surface area contributed by atoms with Crippen molar-refractivity contribution in [2.24, 2.45) is 0 Å². The molecule has 1 heterocycles. The van der Waals surface area contributed by atoms with Crippen LogP contribution in [0.15, 0.2) is 53.6 Å². The van der Waals surface area contributed by atoms with Gasteiger partial charge in [0.05, 0.1) is 10.3 Å². The van der Waals surface area contributed by atoms with Crippen molar-refractivity contribution >= 4 is 35.1 Å². The number of aromatic nitrogens is 1. The van der Waals surface area contributed by atoms with E-state index in [1.54, 1.807) is 12.1 Å². The van der Waals surface area contributed by atoms with Crippen molar-refractivity contribution in [1.82, 2.24) is 4.98 Å².